The Bertz CT molecular complexity index is 106. The highest BCUT2D eigenvalue weighted by molar-refractivity contribution is 4.94. The molecule has 1 aliphatic rings. The number of rotatable bonds is 4. The smallest absolute Gasteiger partial charge is 0.00324 e. The second kappa shape index (κ2) is 2.89. The highest BCUT2D eigenvalue weighted by atomic mass is 15.1. The Morgan fingerprint density at radius 2 is 2.00 bits per heavy atom. The van der Waals surface area contributed by atoms with Gasteiger partial charge in [-0.05, 0) is 45.3 Å². The molecule has 0 radical (unpaired) electrons. The van der Waals surface area contributed by atoms with E-state index in [-0.39, 0.29) is 0 Å². The molecule has 0 atom stereocenters. The highest BCUT2D eigenvalue weighted by Gasteiger charge is 2.41. The molecule has 1 aliphatic carbocycles. The Labute approximate surface area is 63.4 Å². The molecule has 0 spiro atoms. The van der Waals surface area contributed by atoms with Crippen LogP contribution >= 0.6 is 0 Å². The van der Waals surface area contributed by atoms with Crippen molar-refractivity contribution < 1.29 is 0 Å². The minimum Gasteiger partial charge on any atom is -0.330 e. The van der Waals surface area contributed by atoms with E-state index in [4.69, 9.17) is 5.73 Å². The summed E-state index contributed by atoms with van der Waals surface area (Å²) in [7, 11) is 4.27. The van der Waals surface area contributed by atoms with Gasteiger partial charge in [0.15, 0.2) is 0 Å². The first-order chi connectivity index (χ1) is 4.68. The van der Waals surface area contributed by atoms with Crippen molar-refractivity contribution in [3.05, 3.63) is 0 Å². The number of hydrogen-bond acceptors (Lipinski definition) is 2. The van der Waals surface area contributed by atoms with Gasteiger partial charge in [-0.1, -0.05) is 0 Å². The lowest BCUT2D eigenvalue weighted by atomic mass is 10.0. The molecule has 60 valence electrons. The summed E-state index contributed by atoms with van der Waals surface area (Å²) in [4.78, 5) is 2.27. The van der Waals surface area contributed by atoms with Crippen molar-refractivity contribution in [2.45, 2.75) is 19.3 Å². The van der Waals surface area contributed by atoms with Crippen LogP contribution in [0.25, 0.3) is 0 Å². The van der Waals surface area contributed by atoms with Gasteiger partial charge >= 0.3 is 0 Å². The maximum atomic E-state index is 5.51. The molecule has 0 bridgehead atoms. The molecule has 0 unspecified atom stereocenters. The predicted molar refractivity (Wildman–Crippen MR) is 43.9 cm³/mol. The number of hydrogen-bond donors (Lipinski definition) is 1. The SMILES string of the molecule is CN(C)CC1(CCN)CC1. The van der Waals surface area contributed by atoms with Gasteiger partial charge in [-0.15, -0.1) is 0 Å². The molecular weight excluding hydrogens is 124 g/mol. The maximum Gasteiger partial charge on any atom is 0.00324 e. The monoisotopic (exact) mass is 142 g/mol. The lowest BCUT2D eigenvalue weighted by Gasteiger charge is -2.18. The fourth-order valence-corrected chi connectivity index (χ4v) is 1.64. The van der Waals surface area contributed by atoms with Gasteiger partial charge in [0, 0.05) is 6.54 Å². The van der Waals surface area contributed by atoms with Gasteiger partial charge in [0.25, 0.3) is 0 Å². The van der Waals surface area contributed by atoms with E-state index < -0.39 is 0 Å². The summed E-state index contributed by atoms with van der Waals surface area (Å²) in [5.74, 6) is 0. The molecule has 0 aromatic heterocycles. The fourth-order valence-electron chi connectivity index (χ4n) is 1.64. The van der Waals surface area contributed by atoms with Gasteiger partial charge in [0.05, 0.1) is 0 Å². The third kappa shape index (κ3) is 1.96. The summed E-state index contributed by atoms with van der Waals surface area (Å²) in [5, 5.41) is 0. The van der Waals surface area contributed by atoms with Crippen LogP contribution in [0.5, 0.6) is 0 Å². The second-order valence-corrected chi connectivity index (χ2v) is 3.78. The van der Waals surface area contributed by atoms with E-state index in [2.05, 4.69) is 19.0 Å². The van der Waals surface area contributed by atoms with E-state index in [1.807, 2.05) is 0 Å². The third-order valence-electron chi connectivity index (χ3n) is 2.28. The van der Waals surface area contributed by atoms with E-state index >= 15 is 0 Å². The van der Waals surface area contributed by atoms with Crippen LogP contribution in [0.3, 0.4) is 0 Å². The van der Waals surface area contributed by atoms with Crippen molar-refractivity contribution in [3.63, 3.8) is 0 Å². The van der Waals surface area contributed by atoms with Crippen LogP contribution in [0.4, 0.5) is 0 Å². The number of nitrogens with two attached hydrogens (primary N) is 1. The van der Waals surface area contributed by atoms with Crippen LogP contribution in [0.2, 0.25) is 0 Å². The molecular formula is C8H18N2. The summed E-state index contributed by atoms with van der Waals surface area (Å²) in [5.41, 5.74) is 6.14. The Morgan fingerprint density at radius 1 is 1.40 bits per heavy atom. The van der Waals surface area contributed by atoms with Crippen molar-refractivity contribution in [2.24, 2.45) is 11.1 Å². The zero-order chi connectivity index (χ0) is 7.61. The third-order valence-corrected chi connectivity index (χ3v) is 2.28. The first-order valence-electron chi connectivity index (χ1n) is 4.03. The predicted octanol–water partition coefficient (Wildman–Crippen LogP) is 0.677. The normalized spacial score (nSPS) is 21.6. The van der Waals surface area contributed by atoms with Crippen LogP contribution in [0, 0.1) is 5.41 Å². The summed E-state index contributed by atoms with van der Waals surface area (Å²) in [6.07, 6.45) is 4.00. The first kappa shape index (κ1) is 8.02. The molecule has 1 rings (SSSR count). The molecule has 0 aromatic carbocycles. The minimum absolute atomic E-state index is 0.623. The second-order valence-electron chi connectivity index (χ2n) is 3.78. The average molecular weight is 142 g/mol. The molecule has 2 nitrogen and oxygen atoms in total. The van der Waals surface area contributed by atoms with Gasteiger partial charge in [-0.25, -0.2) is 0 Å². The Kier molecular flexibility index (Phi) is 2.32. The van der Waals surface area contributed by atoms with Crippen LogP contribution < -0.4 is 5.73 Å². The van der Waals surface area contributed by atoms with Crippen LogP contribution in [0.1, 0.15) is 19.3 Å². The molecule has 10 heavy (non-hydrogen) atoms. The standard InChI is InChI=1S/C8H18N2/c1-10(2)7-8(3-4-8)5-6-9/h3-7,9H2,1-2H3. The Hall–Kier alpha value is -0.0800. The van der Waals surface area contributed by atoms with Crippen LogP contribution in [-0.4, -0.2) is 32.1 Å². The maximum absolute atomic E-state index is 5.51. The lowest BCUT2D eigenvalue weighted by Crippen LogP contribution is -2.24. The molecule has 0 aromatic rings. The molecule has 2 heteroatoms. The van der Waals surface area contributed by atoms with E-state index in [9.17, 15) is 0 Å². The van der Waals surface area contributed by atoms with Crippen molar-refractivity contribution >= 4 is 0 Å². The molecule has 1 saturated carbocycles. The summed E-state index contributed by atoms with van der Waals surface area (Å²) in [6.45, 7) is 2.08. The molecule has 2 N–H and O–H groups in total. The zero-order valence-corrected chi connectivity index (χ0v) is 7.06. The van der Waals surface area contributed by atoms with Crippen molar-refractivity contribution in [1.82, 2.24) is 4.90 Å². The number of nitrogens with zero attached hydrogens (tertiary/aromatic N) is 1. The largest absolute Gasteiger partial charge is 0.330 e. The lowest BCUT2D eigenvalue weighted by molar-refractivity contribution is 0.297. The molecule has 0 amide bonds. The summed E-state index contributed by atoms with van der Waals surface area (Å²) in [6, 6.07) is 0. The average Bonchev–Trinajstić information content (AvgIpc) is 2.47. The summed E-state index contributed by atoms with van der Waals surface area (Å²) < 4.78 is 0. The quantitative estimate of drug-likeness (QED) is 0.625. The Morgan fingerprint density at radius 3 is 2.30 bits per heavy atom. The van der Waals surface area contributed by atoms with Crippen LogP contribution in [0.15, 0.2) is 0 Å². The fraction of sp³-hybridized carbons (Fsp3) is 1.00. The van der Waals surface area contributed by atoms with Crippen molar-refractivity contribution in [3.8, 4) is 0 Å². The van der Waals surface area contributed by atoms with E-state index in [0.717, 1.165) is 6.54 Å². The summed E-state index contributed by atoms with van der Waals surface area (Å²) >= 11 is 0. The van der Waals surface area contributed by atoms with E-state index in [0.29, 0.717) is 5.41 Å². The van der Waals surface area contributed by atoms with Gasteiger partial charge in [0.1, 0.15) is 0 Å². The molecule has 0 aliphatic heterocycles. The van der Waals surface area contributed by atoms with Crippen molar-refractivity contribution in [1.29, 1.82) is 0 Å². The van der Waals surface area contributed by atoms with Crippen LogP contribution in [-0.2, 0) is 0 Å². The van der Waals surface area contributed by atoms with Gasteiger partial charge in [-0.2, -0.15) is 0 Å². The van der Waals surface area contributed by atoms with Gasteiger partial charge in [0.2, 0.25) is 0 Å². The molecule has 0 saturated heterocycles. The van der Waals surface area contributed by atoms with Gasteiger partial charge in [-0.3, -0.25) is 0 Å². The first-order valence-corrected chi connectivity index (χ1v) is 4.03. The minimum atomic E-state index is 0.623. The van der Waals surface area contributed by atoms with E-state index in [1.54, 1.807) is 0 Å². The Balaban J connectivity index is 2.23. The topological polar surface area (TPSA) is 29.3 Å². The van der Waals surface area contributed by atoms with Gasteiger partial charge < -0.3 is 10.6 Å². The highest BCUT2D eigenvalue weighted by Crippen LogP contribution is 2.48. The zero-order valence-electron chi connectivity index (χ0n) is 7.06. The molecule has 0 heterocycles. The van der Waals surface area contributed by atoms with E-state index in [1.165, 1.54) is 25.8 Å². The van der Waals surface area contributed by atoms with Crippen molar-refractivity contribution in [2.75, 3.05) is 27.2 Å². The molecule has 1 fully saturated rings.